The van der Waals surface area contributed by atoms with Crippen molar-refractivity contribution >= 4 is 27.1 Å². The van der Waals surface area contributed by atoms with Crippen molar-refractivity contribution in [2.75, 3.05) is 0 Å². The first-order chi connectivity index (χ1) is 11.4. The number of hydrogen-bond acceptors (Lipinski definition) is 1. The number of fused-ring (bicyclic) bond motifs is 4. The maximum Gasteiger partial charge on any atom is 0.145 e. The van der Waals surface area contributed by atoms with Gasteiger partial charge in [-0.15, -0.1) is 0 Å². The van der Waals surface area contributed by atoms with E-state index in [9.17, 15) is 0 Å². The molecule has 108 valence electrons. The zero-order chi connectivity index (χ0) is 15.2. The molecule has 2 nitrogen and oxygen atoms in total. The summed E-state index contributed by atoms with van der Waals surface area (Å²) in [5.74, 6) is 0.988. The van der Waals surface area contributed by atoms with Gasteiger partial charge in [0.1, 0.15) is 5.82 Å². The number of imidazole rings is 1. The minimum atomic E-state index is 0.988. The lowest BCUT2D eigenvalue weighted by Gasteiger charge is -2.07. The van der Waals surface area contributed by atoms with Crippen LogP contribution in [0.25, 0.3) is 38.4 Å². The van der Waals surface area contributed by atoms with Gasteiger partial charge in [-0.25, -0.2) is 4.98 Å². The molecule has 3 aromatic carbocycles. The molecule has 0 spiro atoms. The molecular weight excluding hydrogens is 280 g/mol. The highest BCUT2D eigenvalue weighted by molar-refractivity contribution is 5.99. The first kappa shape index (κ1) is 12.4. The first-order valence-electron chi connectivity index (χ1n) is 7.75. The Morgan fingerprint density at radius 3 is 2.22 bits per heavy atom. The van der Waals surface area contributed by atoms with Gasteiger partial charge in [-0.1, -0.05) is 66.7 Å². The summed E-state index contributed by atoms with van der Waals surface area (Å²) in [6.07, 6.45) is 4.08. The summed E-state index contributed by atoms with van der Waals surface area (Å²) in [5.41, 5.74) is 2.31. The molecule has 0 aliphatic heterocycles. The lowest BCUT2D eigenvalue weighted by atomic mass is 10.0. The average Bonchev–Trinajstić information content (AvgIpc) is 3.05. The first-order valence-corrected chi connectivity index (χ1v) is 7.75. The van der Waals surface area contributed by atoms with Crippen molar-refractivity contribution < 1.29 is 0 Å². The number of aromatic nitrogens is 2. The number of pyridine rings is 1. The van der Waals surface area contributed by atoms with E-state index in [0.29, 0.717) is 0 Å². The van der Waals surface area contributed by atoms with Gasteiger partial charge in [-0.05, 0) is 22.2 Å². The smallest absolute Gasteiger partial charge is 0.145 e. The second-order valence-electron chi connectivity index (χ2n) is 5.77. The summed E-state index contributed by atoms with van der Waals surface area (Å²) in [4.78, 5) is 4.73. The van der Waals surface area contributed by atoms with Gasteiger partial charge in [0.05, 0.1) is 11.7 Å². The monoisotopic (exact) mass is 294 g/mol. The molecule has 2 aromatic heterocycles. The van der Waals surface area contributed by atoms with Crippen molar-refractivity contribution in [3.8, 4) is 11.4 Å². The van der Waals surface area contributed by atoms with Crippen molar-refractivity contribution in [2.24, 2.45) is 0 Å². The summed E-state index contributed by atoms with van der Waals surface area (Å²) >= 11 is 0. The van der Waals surface area contributed by atoms with Gasteiger partial charge in [0.2, 0.25) is 0 Å². The lowest BCUT2D eigenvalue weighted by molar-refractivity contribution is 1.18. The zero-order valence-electron chi connectivity index (χ0n) is 12.5. The minimum absolute atomic E-state index is 0.988. The molecule has 0 amide bonds. The fourth-order valence-corrected chi connectivity index (χ4v) is 3.36. The van der Waals surface area contributed by atoms with Crippen LogP contribution in [0.4, 0.5) is 0 Å². The van der Waals surface area contributed by atoms with Crippen LogP contribution >= 0.6 is 0 Å². The zero-order valence-corrected chi connectivity index (χ0v) is 12.5. The molecule has 0 atom stereocenters. The SMILES string of the molecule is c1ccc2c(-c3ncc4c5ccccc5ccn34)cccc2c1. The van der Waals surface area contributed by atoms with Crippen LogP contribution in [0.3, 0.4) is 0 Å². The van der Waals surface area contributed by atoms with Crippen LogP contribution in [0.15, 0.2) is 85.2 Å². The van der Waals surface area contributed by atoms with E-state index in [-0.39, 0.29) is 0 Å². The fraction of sp³-hybridized carbons (Fsp3) is 0. The third kappa shape index (κ3) is 1.78. The number of rotatable bonds is 1. The molecule has 0 aliphatic carbocycles. The highest BCUT2D eigenvalue weighted by atomic mass is 15.0. The van der Waals surface area contributed by atoms with Crippen molar-refractivity contribution in [1.29, 1.82) is 0 Å². The van der Waals surface area contributed by atoms with E-state index in [4.69, 9.17) is 4.98 Å². The molecule has 2 heterocycles. The predicted molar refractivity (Wildman–Crippen MR) is 95.6 cm³/mol. The van der Waals surface area contributed by atoms with Gasteiger partial charge in [-0.2, -0.15) is 0 Å². The Kier molecular flexibility index (Phi) is 2.53. The molecule has 0 fully saturated rings. The Morgan fingerprint density at radius 1 is 0.652 bits per heavy atom. The molecule has 0 saturated heterocycles. The summed E-state index contributed by atoms with van der Waals surface area (Å²) in [6, 6.07) is 25.4. The van der Waals surface area contributed by atoms with E-state index in [1.807, 2.05) is 6.20 Å². The molecule has 0 saturated carbocycles. The maximum absolute atomic E-state index is 4.73. The van der Waals surface area contributed by atoms with Gasteiger partial charge < -0.3 is 0 Å². The summed E-state index contributed by atoms with van der Waals surface area (Å²) in [5, 5.41) is 4.94. The van der Waals surface area contributed by atoms with E-state index >= 15 is 0 Å². The van der Waals surface area contributed by atoms with E-state index in [1.165, 1.54) is 27.1 Å². The predicted octanol–water partition coefficient (Wildman–Crippen LogP) is 5.31. The molecule has 0 aliphatic rings. The Bertz CT molecular complexity index is 1160. The summed E-state index contributed by atoms with van der Waals surface area (Å²) in [6.45, 7) is 0. The van der Waals surface area contributed by atoms with Crippen LogP contribution in [0.1, 0.15) is 0 Å². The van der Waals surface area contributed by atoms with Gasteiger partial charge in [0, 0.05) is 17.1 Å². The van der Waals surface area contributed by atoms with E-state index < -0.39 is 0 Å². The lowest BCUT2D eigenvalue weighted by Crippen LogP contribution is -1.91. The fourth-order valence-electron chi connectivity index (χ4n) is 3.36. The minimum Gasteiger partial charge on any atom is -0.299 e. The van der Waals surface area contributed by atoms with Gasteiger partial charge in [0.25, 0.3) is 0 Å². The van der Waals surface area contributed by atoms with Crippen molar-refractivity contribution in [2.45, 2.75) is 0 Å². The van der Waals surface area contributed by atoms with E-state index in [2.05, 4.69) is 83.4 Å². The molecule has 23 heavy (non-hydrogen) atoms. The van der Waals surface area contributed by atoms with Gasteiger partial charge >= 0.3 is 0 Å². The molecule has 0 N–H and O–H groups in total. The van der Waals surface area contributed by atoms with Crippen LogP contribution < -0.4 is 0 Å². The quantitative estimate of drug-likeness (QED) is 0.409. The van der Waals surface area contributed by atoms with E-state index in [0.717, 1.165) is 11.3 Å². The molecule has 2 heteroatoms. The highest BCUT2D eigenvalue weighted by Crippen LogP contribution is 2.30. The molecular formula is C21H14N2. The maximum atomic E-state index is 4.73. The second-order valence-corrected chi connectivity index (χ2v) is 5.77. The van der Waals surface area contributed by atoms with Gasteiger partial charge in [0.15, 0.2) is 0 Å². The second kappa shape index (κ2) is 4.68. The molecule has 0 radical (unpaired) electrons. The Labute approximate surface area is 133 Å². The summed E-state index contributed by atoms with van der Waals surface area (Å²) in [7, 11) is 0. The normalized spacial score (nSPS) is 11.5. The Morgan fingerprint density at radius 2 is 1.35 bits per heavy atom. The average molecular weight is 294 g/mol. The third-order valence-corrected chi connectivity index (χ3v) is 4.47. The van der Waals surface area contributed by atoms with Gasteiger partial charge in [-0.3, -0.25) is 4.40 Å². The highest BCUT2D eigenvalue weighted by Gasteiger charge is 2.11. The van der Waals surface area contributed by atoms with Crippen LogP contribution in [-0.4, -0.2) is 9.38 Å². The molecule has 5 aromatic rings. The van der Waals surface area contributed by atoms with Crippen LogP contribution in [0, 0.1) is 0 Å². The summed E-state index contributed by atoms with van der Waals surface area (Å²) < 4.78 is 2.18. The Hall–Kier alpha value is -3.13. The Balaban J connectivity index is 1.88. The van der Waals surface area contributed by atoms with Crippen LogP contribution in [0.2, 0.25) is 0 Å². The molecule has 5 rings (SSSR count). The van der Waals surface area contributed by atoms with Crippen molar-refractivity contribution in [3.05, 3.63) is 85.2 Å². The third-order valence-electron chi connectivity index (χ3n) is 4.47. The van der Waals surface area contributed by atoms with Crippen molar-refractivity contribution in [1.82, 2.24) is 9.38 Å². The molecule has 0 bridgehead atoms. The molecule has 0 unspecified atom stereocenters. The van der Waals surface area contributed by atoms with E-state index in [1.54, 1.807) is 0 Å². The number of benzene rings is 3. The largest absolute Gasteiger partial charge is 0.299 e. The topological polar surface area (TPSA) is 17.3 Å². The number of nitrogens with zero attached hydrogens (tertiary/aromatic N) is 2. The number of hydrogen-bond donors (Lipinski definition) is 0. The van der Waals surface area contributed by atoms with Crippen LogP contribution in [-0.2, 0) is 0 Å². The van der Waals surface area contributed by atoms with Crippen LogP contribution in [0.5, 0.6) is 0 Å². The van der Waals surface area contributed by atoms with Crippen molar-refractivity contribution in [3.63, 3.8) is 0 Å². The standard InChI is InChI=1S/C21H14N2/c1-3-9-17-15(6-1)8-5-11-19(17)21-22-14-20-18-10-4-2-7-16(18)12-13-23(20)21/h1-14H.